The Kier molecular flexibility index (Phi) is 7.42. The van der Waals surface area contributed by atoms with Gasteiger partial charge in [-0.2, -0.15) is 4.31 Å². The molecule has 1 aliphatic rings. The van der Waals surface area contributed by atoms with Gasteiger partial charge in [0.25, 0.3) is 5.91 Å². The molecule has 1 saturated heterocycles. The molecule has 0 radical (unpaired) electrons. The van der Waals surface area contributed by atoms with Gasteiger partial charge in [-0.15, -0.1) is 0 Å². The third-order valence-corrected chi connectivity index (χ3v) is 6.76. The summed E-state index contributed by atoms with van der Waals surface area (Å²) in [5.74, 6) is -0.857. The molecule has 1 aliphatic heterocycles. The minimum atomic E-state index is -3.42. The number of carbonyl (C=O) groups excluding carboxylic acids is 2. The van der Waals surface area contributed by atoms with E-state index < -0.39 is 16.0 Å². The Bertz CT molecular complexity index is 1040. The van der Waals surface area contributed by atoms with Gasteiger partial charge in [0.2, 0.25) is 10.0 Å². The van der Waals surface area contributed by atoms with Gasteiger partial charge in [-0.25, -0.2) is 13.2 Å². The van der Waals surface area contributed by atoms with E-state index in [9.17, 15) is 18.0 Å². The van der Waals surface area contributed by atoms with Gasteiger partial charge in [0.05, 0.1) is 31.1 Å². The summed E-state index contributed by atoms with van der Waals surface area (Å²) in [6.45, 7) is 5.34. The Labute approximate surface area is 182 Å². The average Bonchev–Trinajstić information content (AvgIpc) is 2.76. The highest BCUT2D eigenvalue weighted by atomic mass is 32.2. The van der Waals surface area contributed by atoms with Crippen molar-refractivity contribution in [3.05, 3.63) is 64.7 Å². The van der Waals surface area contributed by atoms with Gasteiger partial charge in [0, 0.05) is 24.3 Å². The fourth-order valence-electron chi connectivity index (χ4n) is 3.22. The molecule has 9 heteroatoms. The number of amides is 1. The first kappa shape index (κ1) is 22.9. The predicted molar refractivity (Wildman–Crippen MR) is 117 cm³/mol. The maximum atomic E-state index is 12.6. The Morgan fingerprint density at radius 1 is 1.06 bits per heavy atom. The van der Waals surface area contributed by atoms with Gasteiger partial charge in [-0.05, 0) is 55.3 Å². The zero-order chi connectivity index (χ0) is 22.4. The molecule has 0 aromatic heterocycles. The number of benzene rings is 2. The van der Waals surface area contributed by atoms with Crippen molar-refractivity contribution in [1.29, 1.82) is 0 Å². The Morgan fingerprint density at radius 3 is 2.32 bits per heavy atom. The number of esters is 1. The van der Waals surface area contributed by atoms with Gasteiger partial charge in [0.1, 0.15) is 0 Å². The second-order valence-corrected chi connectivity index (χ2v) is 9.14. The molecule has 1 heterocycles. The fraction of sp³-hybridized carbons (Fsp3) is 0.364. The first-order chi connectivity index (χ1) is 14.8. The summed E-state index contributed by atoms with van der Waals surface area (Å²) in [6, 6.07) is 11.4. The van der Waals surface area contributed by atoms with Crippen molar-refractivity contribution in [3.8, 4) is 0 Å². The first-order valence-corrected chi connectivity index (χ1v) is 11.6. The summed E-state index contributed by atoms with van der Waals surface area (Å²) in [4.78, 5) is 24.4. The van der Waals surface area contributed by atoms with Crippen LogP contribution in [0.3, 0.4) is 0 Å². The number of sulfonamides is 1. The van der Waals surface area contributed by atoms with Gasteiger partial charge in [0.15, 0.2) is 0 Å². The molecule has 0 unspecified atom stereocenters. The summed E-state index contributed by atoms with van der Waals surface area (Å²) < 4.78 is 36.7. The lowest BCUT2D eigenvalue weighted by atomic mass is 10.1. The van der Waals surface area contributed by atoms with Crippen LogP contribution in [0.4, 0.5) is 5.69 Å². The van der Waals surface area contributed by atoms with E-state index in [1.54, 1.807) is 56.3 Å². The van der Waals surface area contributed by atoms with Crippen molar-refractivity contribution in [2.24, 2.45) is 0 Å². The lowest BCUT2D eigenvalue weighted by molar-refractivity contribution is 0.0526. The van der Waals surface area contributed by atoms with Gasteiger partial charge >= 0.3 is 5.97 Å². The first-order valence-electron chi connectivity index (χ1n) is 10.0. The summed E-state index contributed by atoms with van der Waals surface area (Å²) in [6.07, 6.45) is 0. The molecule has 1 fully saturated rings. The number of nitrogens with one attached hydrogen (secondary N) is 1. The van der Waals surface area contributed by atoms with Crippen molar-refractivity contribution in [3.63, 3.8) is 0 Å². The molecule has 0 spiro atoms. The van der Waals surface area contributed by atoms with Crippen molar-refractivity contribution < 1.29 is 27.5 Å². The van der Waals surface area contributed by atoms with Crippen LogP contribution in [0.25, 0.3) is 0 Å². The highest BCUT2D eigenvalue weighted by Crippen LogP contribution is 2.19. The van der Waals surface area contributed by atoms with Crippen LogP contribution < -0.4 is 5.32 Å². The van der Waals surface area contributed by atoms with Crippen molar-refractivity contribution >= 4 is 27.6 Å². The largest absolute Gasteiger partial charge is 0.462 e. The van der Waals surface area contributed by atoms with E-state index in [0.29, 0.717) is 55.3 Å². The smallest absolute Gasteiger partial charge is 0.338 e. The average molecular weight is 447 g/mol. The van der Waals surface area contributed by atoms with Crippen LogP contribution in [-0.2, 0) is 25.2 Å². The number of morpholine rings is 1. The molecule has 166 valence electrons. The Hall–Kier alpha value is -2.75. The van der Waals surface area contributed by atoms with E-state index in [4.69, 9.17) is 9.47 Å². The lowest BCUT2D eigenvalue weighted by Crippen LogP contribution is -2.41. The van der Waals surface area contributed by atoms with E-state index in [1.807, 2.05) is 0 Å². The second-order valence-electron chi connectivity index (χ2n) is 7.17. The van der Waals surface area contributed by atoms with Crippen molar-refractivity contribution in [1.82, 2.24) is 4.31 Å². The fourth-order valence-corrected chi connectivity index (χ4v) is 4.72. The number of anilines is 1. The van der Waals surface area contributed by atoms with Crippen LogP contribution in [0.15, 0.2) is 42.5 Å². The highest BCUT2D eigenvalue weighted by Gasteiger charge is 2.24. The third kappa shape index (κ3) is 5.90. The molecule has 3 rings (SSSR count). The molecule has 2 aromatic carbocycles. The molecule has 31 heavy (non-hydrogen) atoms. The number of hydrogen-bond acceptors (Lipinski definition) is 6. The molecule has 1 amide bonds. The van der Waals surface area contributed by atoms with E-state index in [1.165, 1.54) is 4.31 Å². The van der Waals surface area contributed by atoms with Gasteiger partial charge in [-0.3, -0.25) is 4.79 Å². The second kappa shape index (κ2) is 10.0. The maximum Gasteiger partial charge on any atom is 0.338 e. The standard InChI is InChI=1S/C22H26N2O6S/c1-3-30-22(26)19-8-9-20(16(2)14-19)23-21(25)18-6-4-17(5-7-18)15-31(27,28)24-10-12-29-13-11-24/h4-9,14H,3,10-13,15H2,1-2H3,(H,23,25). The molecule has 0 bridgehead atoms. The van der Waals surface area contributed by atoms with Crippen molar-refractivity contribution in [2.45, 2.75) is 19.6 Å². The normalized spacial score (nSPS) is 14.8. The van der Waals surface area contributed by atoms with Crippen LogP contribution in [0.2, 0.25) is 0 Å². The molecule has 0 aliphatic carbocycles. The van der Waals surface area contributed by atoms with E-state index in [2.05, 4.69) is 5.32 Å². The summed E-state index contributed by atoms with van der Waals surface area (Å²) >= 11 is 0. The van der Waals surface area contributed by atoms with Crippen LogP contribution in [0.5, 0.6) is 0 Å². The van der Waals surface area contributed by atoms with E-state index >= 15 is 0 Å². The van der Waals surface area contributed by atoms with Gasteiger partial charge < -0.3 is 14.8 Å². The third-order valence-electron chi connectivity index (χ3n) is 4.91. The minimum Gasteiger partial charge on any atom is -0.462 e. The van der Waals surface area contributed by atoms with Crippen LogP contribution in [0.1, 0.15) is 38.8 Å². The quantitative estimate of drug-likeness (QED) is 0.656. The summed E-state index contributed by atoms with van der Waals surface area (Å²) in [5.41, 5.74) is 2.74. The molecular formula is C22H26N2O6S. The molecule has 1 N–H and O–H groups in total. The molecular weight excluding hydrogens is 420 g/mol. The number of nitrogens with zero attached hydrogens (tertiary/aromatic N) is 1. The monoisotopic (exact) mass is 446 g/mol. The van der Waals surface area contributed by atoms with Crippen molar-refractivity contribution in [2.75, 3.05) is 38.2 Å². The number of hydrogen-bond donors (Lipinski definition) is 1. The lowest BCUT2D eigenvalue weighted by Gasteiger charge is -2.26. The zero-order valence-corrected chi connectivity index (χ0v) is 18.4. The Morgan fingerprint density at radius 2 is 1.71 bits per heavy atom. The topological polar surface area (TPSA) is 102 Å². The number of ether oxygens (including phenoxy) is 2. The molecule has 0 atom stereocenters. The van der Waals surface area contributed by atoms with Crippen LogP contribution >= 0.6 is 0 Å². The highest BCUT2D eigenvalue weighted by molar-refractivity contribution is 7.88. The molecule has 2 aromatic rings. The molecule has 0 saturated carbocycles. The number of aryl methyl sites for hydroxylation is 1. The number of rotatable bonds is 7. The predicted octanol–water partition coefficient (Wildman–Crippen LogP) is 2.59. The number of carbonyl (C=O) groups is 2. The van der Waals surface area contributed by atoms with E-state index in [0.717, 1.165) is 5.56 Å². The Balaban J connectivity index is 1.64. The van der Waals surface area contributed by atoms with E-state index in [-0.39, 0.29) is 11.7 Å². The van der Waals surface area contributed by atoms with Crippen LogP contribution in [-0.4, -0.2) is 57.5 Å². The summed E-state index contributed by atoms with van der Waals surface area (Å²) in [5, 5.41) is 2.81. The summed E-state index contributed by atoms with van der Waals surface area (Å²) in [7, 11) is -3.42. The van der Waals surface area contributed by atoms with Crippen LogP contribution in [0, 0.1) is 6.92 Å². The molecule has 8 nitrogen and oxygen atoms in total. The zero-order valence-electron chi connectivity index (χ0n) is 17.6. The SMILES string of the molecule is CCOC(=O)c1ccc(NC(=O)c2ccc(CS(=O)(=O)N3CCOCC3)cc2)c(C)c1. The van der Waals surface area contributed by atoms with Gasteiger partial charge in [-0.1, -0.05) is 12.1 Å². The maximum absolute atomic E-state index is 12.6. The minimum absolute atomic E-state index is 0.122.